The first kappa shape index (κ1) is 13.9. The van der Waals surface area contributed by atoms with E-state index < -0.39 is 0 Å². The fraction of sp³-hybridized carbons (Fsp3) is 0.538. The molecule has 96 valence electrons. The average molecular weight is 240 g/mol. The zero-order valence-electron chi connectivity index (χ0n) is 10.7. The minimum Gasteiger partial charge on any atom is -0.395 e. The second-order valence-corrected chi connectivity index (χ2v) is 4.47. The quantitative estimate of drug-likeness (QED) is 0.828. The molecule has 0 saturated heterocycles. The number of nitrogens with two attached hydrogens (primary N) is 1. The van der Waals surface area contributed by atoms with Gasteiger partial charge in [0.15, 0.2) is 0 Å². The molecule has 3 nitrogen and oxygen atoms in total. The van der Waals surface area contributed by atoms with E-state index in [1.54, 1.807) is 13.0 Å². The topological polar surface area (TPSA) is 49.5 Å². The molecule has 0 spiro atoms. The molecule has 0 aromatic heterocycles. The van der Waals surface area contributed by atoms with Gasteiger partial charge in [-0.25, -0.2) is 4.39 Å². The molecule has 0 heterocycles. The Hall–Kier alpha value is -1.13. The lowest BCUT2D eigenvalue weighted by molar-refractivity contribution is 0.299. The summed E-state index contributed by atoms with van der Waals surface area (Å²) in [7, 11) is 0. The van der Waals surface area contributed by atoms with Crippen LogP contribution in [0.25, 0.3) is 0 Å². The molecule has 0 fully saturated rings. The van der Waals surface area contributed by atoms with E-state index in [9.17, 15) is 4.39 Å². The van der Waals surface area contributed by atoms with Gasteiger partial charge in [-0.2, -0.15) is 0 Å². The van der Waals surface area contributed by atoms with Crippen molar-refractivity contribution in [3.8, 4) is 0 Å². The van der Waals surface area contributed by atoms with Crippen molar-refractivity contribution in [2.45, 2.75) is 32.9 Å². The first-order chi connectivity index (χ1) is 7.99. The lowest BCUT2D eigenvalue weighted by Crippen LogP contribution is -2.35. The molecule has 1 aromatic carbocycles. The second-order valence-electron chi connectivity index (χ2n) is 4.47. The normalized spacial score (nSPS) is 12.9. The van der Waals surface area contributed by atoms with E-state index >= 15 is 0 Å². The summed E-state index contributed by atoms with van der Waals surface area (Å²) in [6.07, 6.45) is 0. The third-order valence-electron chi connectivity index (χ3n) is 2.76. The minimum atomic E-state index is -0.369. The summed E-state index contributed by atoms with van der Waals surface area (Å²) in [6, 6.07) is 4.74. The molecule has 0 radical (unpaired) electrons. The molecule has 0 aliphatic rings. The van der Waals surface area contributed by atoms with E-state index in [4.69, 9.17) is 10.8 Å². The molecule has 1 aromatic rings. The molecule has 1 atom stereocenters. The van der Waals surface area contributed by atoms with Crippen molar-refractivity contribution in [1.29, 1.82) is 0 Å². The van der Waals surface area contributed by atoms with Gasteiger partial charge in [-0.1, -0.05) is 6.07 Å². The van der Waals surface area contributed by atoms with Gasteiger partial charge < -0.3 is 15.7 Å². The monoisotopic (exact) mass is 240 g/mol. The molecule has 0 unspecified atom stereocenters. The van der Waals surface area contributed by atoms with Crippen LogP contribution in [-0.2, 0) is 0 Å². The number of rotatable bonds is 5. The highest BCUT2D eigenvalue weighted by molar-refractivity contribution is 5.56. The molecule has 4 heteroatoms. The molecule has 1 rings (SSSR count). The van der Waals surface area contributed by atoms with E-state index in [2.05, 4.69) is 0 Å². The molecule has 0 aliphatic carbocycles. The van der Waals surface area contributed by atoms with Gasteiger partial charge in [0.05, 0.1) is 6.61 Å². The van der Waals surface area contributed by atoms with Crippen molar-refractivity contribution in [3.05, 3.63) is 29.6 Å². The van der Waals surface area contributed by atoms with Gasteiger partial charge in [0.2, 0.25) is 0 Å². The summed E-state index contributed by atoms with van der Waals surface area (Å²) in [5.74, 6) is -0.291. The van der Waals surface area contributed by atoms with Crippen LogP contribution in [0.4, 0.5) is 10.1 Å². The lowest BCUT2D eigenvalue weighted by atomic mass is 10.0. The lowest BCUT2D eigenvalue weighted by Gasteiger charge is -2.31. The number of hydrogen-bond donors (Lipinski definition) is 2. The number of benzene rings is 1. The van der Waals surface area contributed by atoms with Gasteiger partial charge in [0.25, 0.3) is 0 Å². The Morgan fingerprint density at radius 3 is 2.47 bits per heavy atom. The third kappa shape index (κ3) is 3.17. The van der Waals surface area contributed by atoms with Crippen molar-refractivity contribution in [1.82, 2.24) is 0 Å². The fourth-order valence-electron chi connectivity index (χ4n) is 1.99. The van der Waals surface area contributed by atoms with E-state index in [1.165, 1.54) is 6.07 Å². The van der Waals surface area contributed by atoms with Crippen LogP contribution < -0.4 is 10.6 Å². The van der Waals surface area contributed by atoms with Gasteiger partial charge in [0, 0.05) is 29.9 Å². The van der Waals surface area contributed by atoms with E-state index in [0.29, 0.717) is 12.1 Å². The Morgan fingerprint density at radius 2 is 2.00 bits per heavy atom. The first-order valence-corrected chi connectivity index (χ1v) is 5.90. The predicted molar refractivity (Wildman–Crippen MR) is 68.6 cm³/mol. The minimum absolute atomic E-state index is 0.0348. The number of hydrogen-bond acceptors (Lipinski definition) is 3. The molecule has 3 N–H and O–H groups in total. The number of nitrogens with zero attached hydrogens (tertiary/aromatic N) is 1. The molecular weight excluding hydrogens is 219 g/mol. The van der Waals surface area contributed by atoms with Gasteiger partial charge in [-0.05, 0) is 32.9 Å². The van der Waals surface area contributed by atoms with Crippen molar-refractivity contribution in [3.63, 3.8) is 0 Å². The Balaban J connectivity index is 3.22. The van der Waals surface area contributed by atoms with E-state index in [0.717, 1.165) is 5.69 Å². The van der Waals surface area contributed by atoms with Crippen LogP contribution in [0.1, 0.15) is 32.4 Å². The van der Waals surface area contributed by atoms with Crippen molar-refractivity contribution >= 4 is 5.69 Å². The second kappa shape index (κ2) is 5.98. The van der Waals surface area contributed by atoms with Crippen LogP contribution in [0, 0.1) is 5.82 Å². The number of aliphatic hydroxyl groups excluding tert-OH is 1. The van der Waals surface area contributed by atoms with Crippen LogP contribution in [0.3, 0.4) is 0 Å². The number of anilines is 1. The number of aliphatic hydroxyl groups is 1. The van der Waals surface area contributed by atoms with Gasteiger partial charge in [-0.15, -0.1) is 0 Å². The largest absolute Gasteiger partial charge is 0.395 e. The maximum Gasteiger partial charge on any atom is 0.130 e. The highest BCUT2D eigenvalue weighted by Crippen LogP contribution is 2.28. The Labute approximate surface area is 102 Å². The van der Waals surface area contributed by atoms with Crippen LogP contribution in [0.2, 0.25) is 0 Å². The highest BCUT2D eigenvalue weighted by Gasteiger charge is 2.18. The van der Waals surface area contributed by atoms with Crippen LogP contribution in [0.5, 0.6) is 0 Å². The maximum absolute atomic E-state index is 13.8. The van der Waals surface area contributed by atoms with Crippen LogP contribution >= 0.6 is 0 Å². The van der Waals surface area contributed by atoms with E-state index in [1.807, 2.05) is 24.8 Å². The smallest absolute Gasteiger partial charge is 0.130 e. The predicted octanol–water partition coefficient (Wildman–Crippen LogP) is 2.05. The molecule has 17 heavy (non-hydrogen) atoms. The summed E-state index contributed by atoms with van der Waals surface area (Å²) in [4.78, 5) is 1.96. The highest BCUT2D eigenvalue weighted by atomic mass is 19.1. The zero-order valence-corrected chi connectivity index (χ0v) is 10.7. The van der Waals surface area contributed by atoms with Crippen LogP contribution in [0.15, 0.2) is 18.2 Å². The fourth-order valence-corrected chi connectivity index (χ4v) is 1.99. The van der Waals surface area contributed by atoms with Gasteiger partial charge in [0.1, 0.15) is 5.82 Å². The third-order valence-corrected chi connectivity index (χ3v) is 2.76. The van der Waals surface area contributed by atoms with Crippen LogP contribution in [-0.4, -0.2) is 24.3 Å². The standard InChI is InChI=1S/C13H21FN2O/c1-9(2)16(7-8-17)12-6-4-5-11(14)13(12)10(3)15/h4-6,9-10,17H,7-8,15H2,1-3H3/t10-/m0/s1. The summed E-state index contributed by atoms with van der Waals surface area (Å²) in [5.41, 5.74) is 7.10. The SMILES string of the molecule is CC(C)N(CCO)c1cccc(F)c1[C@H](C)N. The van der Waals surface area contributed by atoms with E-state index in [-0.39, 0.29) is 24.5 Å². The van der Waals surface area contributed by atoms with Gasteiger partial charge in [-0.3, -0.25) is 0 Å². The summed E-state index contributed by atoms with van der Waals surface area (Å²) in [6.45, 7) is 6.28. The average Bonchev–Trinajstić information content (AvgIpc) is 2.24. The van der Waals surface area contributed by atoms with Crippen molar-refractivity contribution in [2.24, 2.45) is 5.73 Å². The molecule has 0 aliphatic heterocycles. The van der Waals surface area contributed by atoms with Crippen molar-refractivity contribution < 1.29 is 9.50 Å². The first-order valence-electron chi connectivity index (χ1n) is 5.90. The Kier molecular flexibility index (Phi) is 4.90. The summed E-state index contributed by atoms with van der Waals surface area (Å²) >= 11 is 0. The summed E-state index contributed by atoms with van der Waals surface area (Å²) < 4.78 is 13.8. The van der Waals surface area contributed by atoms with Gasteiger partial charge >= 0.3 is 0 Å². The molecule has 0 saturated carbocycles. The molecule has 0 amide bonds. The maximum atomic E-state index is 13.8. The molecular formula is C13H21FN2O. The number of halogens is 1. The molecule has 0 bridgehead atoms. The Bertz CT molecular complexity index is 366. The summed E-state index contributed by atoms with van der Waals surface area (Å²) in [5, 5.41) is 9.08. The zero-order chi connectivity index (χ0) is 13.0. The Morgan fingerprint density at radius 1 is 1.35 bits per heavy atom. The van der Waals surface area contributed by atoms with Crippen molar-refractivity contribution in [2.75, 3.05) is 18.1 Å².